The monoisotopic (exact) mass is 126 g/mol. The van der Waals surface area contributed by atoms with Crippen molar-refractivity contribution >= 4 is 0 Å². The minimum atomic E-state index is -0.641. The van der Waals surface area contributed by atoms with Crippen LogP contribution in [0.2, 0.25) is 0 Å². The van der Waals surface area contributed by atoms with Gasteiger partial charge in [0.15, 0.2) is 10.7 Å². The molecule has 46 valence electrons. The summed E-state index contributed by atoms with van der Waals surface area (Å²) in [5, 5.41) is 0.389. The van der Waals surface area contributed by atoms with Crippen molar-refractivity contribution in [2.24, 2.45) is 0 Å². The predicted octanol–water partition coefficient (Wildman–Crippen LogP) is -1.88. The third-order valence-corrected chi connectivity index (χ3v) is 1.23. The summed E-state index contributed by atoms with van der Waals surface area (Å²) in [6, 6.07) is 0. The van der Waals surface area contributed by atoms with Gasteiger partial charge in [-0.1, -0.05) is 0 Å². The maximum atomic E-state index is 10.4. The van der Waals surface area contributed by atoms with E-state index < -0.39 is 11.3 Å². The number of aromatic nitrogens is 1. The van der Waals surface area contributed by atoms with Gasteiger partial charge in [0, 0.05) is 0 Å². The molecule has 2 rings (SSSR count). The fourth-order valence-corrected chi connectivity index (χ4v) is 0.748. The topological polar surface area (TPSA) is 78.2 Å². The first kappa shape index (κ1) is 4.37. The molecule has 2 heterocycles. The molecule has 0 aromatic heterocycles. The standard InChI is InChI=1S/C4H2N2O3/c5-6-1-2(6)4(8)9-3(1)7/h5H2. The maximum Gasteiger partial charge on any atom is 0.367 e. The lowest BCUT2D eigenvalue weighted by molar-refractivity contribution is 0.475. The minimum absolute atomic E-state index is 0.194. The van der Waals surface area contributed by atoms with Gasteiger partial charge in [-0.15, -0.1) is 0 Å². The zero-order valence-electron chi connectivity index (χ0n) is 4.25. The second kappa shape index (κ2) is 0.928. The summed E-state index contributed by atoms with van der Waals surface area (Å²) in [6.07, 6.45) is 0. The zero-order valence-corrected chi connectivity index (χ0v) is 4.25. The lowest BCUT2D eigenvalue weighted by Gasteiger charge is -1.73. The lowest BCUT2D eigenvalue weighted by atomic mass is 10.7. The Morgan fingerprint density at radius 2 is 1.67 bits per heavy atom. The van der Waals surface area contributed by atoms with Crippen molar-refractivity contribution < 1.29 is 4.42 Å². The van der Waals surface area contributed by atoms with E-state index in [2.05, 4.69) is 4.42 Å². The molecule has 2 aliphatic rings. The van der Waals surface area contributed by atoms with Crippen LogP contribution in [0.3, 0.4) is 0 Å². The lowest BCUT2D eigenvalue weighted by Crippen LogP contribution is -2.11. The van der Waals surface area contributed by atoms with Gasteiger partial charge in [0.2, 0.25) is 0 Å². The average molecular weight is 126 g/mol. The highest BCUT2D eigenvalue weighted by atomic mass is 16.4. The van der Waals surface area contributed by atoms with Gasteiger partial charge in [-0.25, -0.2) is 14.3 Å². The summed E-state index contributed by atoms with van der Waals surface area (Å²) in [5.74, 6) is 5.09. The highest BCUT2D eigenvalue weighted by molar-refractivity contribution is 5.03. The molecule has 2 aliphatic heterocycles. The Bertz CT molecular complexity index is 426. The van der Waals surface area contributed by atoms with Gasteiger partial charge < -0.3 is 10.3 Å². The van der Waals surface area contributed by atoms with Crippen molar-refractivity contribution in [1.29, 1.82) is 0 Å². The molecule has 0 saturated carbocycles. The fourth-order valence-electron chi connectivity index (χ4n) is 0.748. The Kier molecular flexibility index (Phi) is 0.450. The van der Waals surface area contributed by atoms with Gasteiger partial charge in [-0.2, -0.15) is 0 Å². The molecule has 0 spiro atoms. The van der Waals surface area contributed by atoms with Crippen LogP contribution in [-0.2, 0) is 0 Å². The summed E-state index contributed by atoms with van der Waals surface area (Å²) >= 11 is 0. The number of hydrogen-bond acceptors (Lipinski definition) is 4. The molecule has 5 nitrogen and oxygen atoms in total. The molecule has 0 atom stereocenters. The third kappa shape index (κ3) is 0.310. The smallest absolute Gasteiger partial charge is 0.367 e. The molecule has 0 aromatic carbocycles. The van der Waals surface area contributed by atoms with Crippen LogP contribution in [0.25, 0.3) is 0 Å². The summed E-state index contributed by atoms with van der Waals surface area (Å²) in [7, 11) is 0. The van der Waals surface area contributed by atoms with Gasteiger partial charge >= 0.3 is 11.3 Å². The van der Waals surface area contributed by atoms with Crippen LogP contribution in [0.1, 0.15) is 0 Å². The van der Waals surface area contributed by atoms with E-state index >= 15 is 0 Å². The number of nitrogen functional groups attached to an aromatic ring is 1. The maximum absolute atomic E-state index is 10.4. The van der Waals surface area contributed by atoms with Crippen LogP contribution in [0.15, 0.2) is 14.0 Å². The molecule has 0 bridgehead atoms. The normalized spacial score (nSPS) is 11.6. The van der Waals surface area contributed by atoms with Gasteiger partial charge in [0.05, 0.1) is 0 Å². The first-order valence-corrected chi connectivity index (χ1v) is 2.27. The zero-order chi connectivity index (χ0) is 6.59. The Balaban J connectivity index is 3.24. The molecule has 0 aromatic rings. The first-order chi connectivity index (χ1) is 4.22. The van der Waals surface area contributed by atoms with E-state index in [4.69, 9.17) is 5.84 Å². The second-order valence-corrected chi connectivity index (χ2v) is 1.74. The number of nitrogens with two attached hydrogens (primary N) is 1. The van der Waals surface area contributed by atoms with Crippen molar-refractivity contribution in [1.82, 2.24) is 4.68 Å². The highest BCUT2D eigenvalue weighted by Crippen LogP contribution is 1.90. The highest BCUT2D eigenvalue weighted by Gasteiger charge is 2.17. The van der Waals surface area contributed by atoms with E-state index in [1.165, 1.54) is 0 Å². The van der Waals surface area contributed by atoms with Gasteiger partial charge in [-0.05, 0) is 0 Å². The van der Waals surface area contributed by atoms with E-state index in [9.17, 15) is 9.59 Å². The molecule has 5 heteroatoms. The van der Waals surface area contributed by atoms with Gasteiger partial charge in [0.1, 0.15) is 0 Å². The molecule has 0 aliphatic carbocycles. The van der Waals surface area contributed by atoms with E-state index in [1.54, 1.807) is 0 Å². The van der Waals surface area contributed by atoms with Crippen LogP contribution in [-0.4, -0.2) is 4.68 Å². The quantitative estimate of drug-likeness (QED) is 0.419. The van der Waals surface area contributed by atoms with Crippen molar-refractivity contribution in [3.05, 3.63) is 31.5 Å². The SMILES string of the molecule is Nn1c2c(=O)oc(=O)c1=2. The Labute approximate surface area is 47.6 Å². The van der Waals surface area contributed by atoms with Crippen LogP contribution in [0.5, 0.6) is 0 Å². The average Bonchev–Trinajstić information content (AvgIpc) is 2.30. The first-order valence-electron chi connectivity index (χ1n) is 2.27. The number of hydrogen-bond donors (Lipinski definition) is 1. The van der Waals surface area contributed by atoms with Crippen LogP contribution in [0, 0.1) is 10.7 Å². The van der Waals surface area contributed by atoms with Crippen LogP contribution >= 0.6 is 0 Å². The van der Waals surface area contributed by atoms with Gasteiger partial charge in [0.25, 0.3) is 0 Å². The Morgan fingerprint density at radius 3 is 1.89 bits per heavy atom. The summed E-state index contributed by atoms with van der Waals surface area (Å²) in [6.45, 7) is 0. The van der Waals surface area contributed by atoms with E-state index in [-0.39, 0.29) is 10.7 Å². The largest absolute Gasteiger partial charge is 0.383 e. The number of nitrogens with zero attached hydrogens (tertiary/aromatic N) is 1. The molecule has 0 unspecified atom stereocenters. The van der Waals surface area contributed by atoms with E-state index in [1.807, 2.05) is 0 Å². The fraction of sp³-hybridized carbons (Fsp3) is 0. The van der Waals surface area contributed by atoms with E-state index in [0.29, 0.717) is 0 Å². The molecule has 2 N–H and O–H groups in total. The molecule has 0 amide bonds. The van der Waals surface area contributed by atoms with Crippen LogP contribution in [0.4, 0.5) is 0 Å². The minimum Gasteiger partial charge on any atom is -0.383 e. The third-order valence-electron chi connectivity index (χ3n) is 1.23. The molecule has 0 radical (unpaired) electrons. The molecule has 9 heavy (non-hydrogen) atoms. The molecular weight excluding hydrogens is 124 g/mol. The summed E-state index contributed by atoms with van der Waals surface area (Å²) in [5.41, 5.74) is -1.28. The summed E-state index contributed by atoms with van der Waals surface area (Å²) < 4.78 is 5.14. The second-order valence-electron chi connectivity index (χ2n) is 1.74. The molecule has 0 fully saturated rings. The van der Waals surface area contributed by atoms with Crippen molar-refractivity contribution in [3.63, 3.8) is 0 Å². The van der Waals surface area contributed by atoms with Crippen molar-refractivity contribution in [3.8, 4) is 0 Å². The van der Waals surface area contributed by atoms with Gasteiger partial charge in [-0.3, -0.25) is 0 Å². The molecular formula is C4H2N2O3. The Hall–Kier alpha value is -1.52. The Morgan fingerprint density at radius 1 is 1.22 bits per heavy atom. The van der Waals surface area contributed by atoms with E-state index in [0.717, 1.165) is 4.68 Å². The van der Waals surface area contributed by atoms with Crippen molar-refractivity contribution in [2.75, 3.05) is 5.84 Å². The predicted molar refractivity (Wildman–Crippen MR) is 27.1 cm³/mol. The number of rotatable bonds is 0. The van der Waals surface area contributed by atoms with Crippen molar-refractivity contribution in [2.45, 2.75) is 0 Å². The van der Waals surface area contributed by atoms with Crippen LogP contribution < -0.4 is 17.1 Å². The summed E-state index contributed by atoms with van der Waals surface area (Å²) in [4.78, 5) is 20.8. The molecule has 0 saturated heterocycles.